The molecule has 0 radical (unpaired) electrons. The standard InChI is InChI=1S/C23H28ClN3O6S/c1-16(23(29)25-2)26(14-17-6-4-7-18(24)12-17)22(28)8-5-11-27(34(3,30)31)19-9-10-20-21(13-19)33-15-32-20/h4,6-7,9-10,12-13,16H,5,8,11,14-15H2,1-3H3,(H,25,29)/t16-/m1/s1. The number of halogens is 1. The van der Waals surface area contributed by atoms with Gasteiger partial charge in [-0.25, -0.2) is 8.42 Å². The van der Waals surface area contributed by atoms with E-state index in [1.807, 2.05) is 6.07 Å². The Hall–Kier alpha value is -2.98. The van der Waals surface area contributed by atoms with E-state index in [1.54, 1.807) is 43.3 Å². The molecule has 184 valence electrons. The van der Waals surface area contributed by atoms with E-state index in [-0.39, 0.29) is 44.5 Å². The predicted molar refractivity (Wildman–Crippen MR) is 130 cm³/mol. The second kappa shape index (κ2) is 11.0. The first-order valence-electron chi connectivity index (χ1n) is 10.7. The molecule has 0 saturated carbocycles. The number of fused-ring (bicyclic) bond motifs is 1. The van der Waals surface area contributed by atoms with Crippen LogP contribution in [0.25, 0.3) is 0 Å². The monoisotopic (exact) mass is 509 g/mol. The molecule has 11 heteroatoms. The van der Waals surface area contributed by atoms with Crippen molar-refractivity contribution in [3.8, 4) is 11.5 Å². The van der Waals surface area contributed by atoms with Crippen LogP contribution < -0.4 is 19.1 Å². The van der Waals surface area contributed by atoms with Crippen molar-refractivity contribution in [1.82, 2.24) is 10.2 Å². The van der Waals surface area contributed by atoms with Crippen molar-refractivity contribution in [1.29, 1.82) is 0 Å². The molecule has 9 nitrogen and oxygen atoms in total. The summed E-state index contributed by atoms with van der Waals surface area (Å²) in [5, 5.41) is 3.10. The van der Waals surface area contributed by atoms with Crippen LogP contribution in [0.3, 0.4) is 0 Å². The third-order valence-corrected chi connectivity index (χ3v) is 6.88. The number of likely N-dealkylation sites (N-methyl/N-ethyl adjacent to an activating group) is 1. The van der Waals surface area contributed by atoms with E-state index in [1.165, 1.54) is 16.3 Å². The predicted octanol–water partition coefficient (Wildman–Crippen LogP) is 2.78. The zero-order valence-corrected chi connectivity index (χ0v) is 20.9. The smallest absolute Gasteiger partial charge is 0.242 e. The van der Waals surface area contributed by atoms with Crippen LogP contribution in [0.4, 0.5) is 5.69 Å². The van der Waals surface area contributed by atoms with Crippen molar-refractivity contribution >= 4 is 39.1 Å². The average molecular weight is 510 g/mol. The molecule has 1 atom stereocenters. The molecule has 0 bridgehead atoms. The zero-order chi connectivity index (χ0) is 24.9. The van der Waals surface area contributed by atoms with Crippen LogP contribution in [0.5, 0.6) is 11.5 Å². The Balaban J connectivity index is 1.72. The Morgan fingerprint density at radius 2 is 1.88 bits per heavy atom. The molecule has 1 heterocycles. The van der Waals surface area contributed by atoms with Crippen molar-refractivity contribution in [2.24, 2.45) is 0 Å². The maximum atomic E-state index is 13.1. The summed E-state index contributed by atoms with van der Waals surface area (Å²) in [7, 11) is -2.10. The number of carbonyl (C=O) groups is 2. The normalized spacial score (nSPS) is 13.3. The SMILES string of the molecule is CNC(=O)[C@@H](C)N(Cc1cccc(Cl)c1)C(=O)CCCN(c1ccc2c(c1)OCO2)S(C)(=O)=O. The average Bonchev–Trinajstić information content (AvgIpc) is 3.26. The molecule has 34 heavy (non-hydrogen) atoms. The number of ether oxygens (including phenoxy) is 2. The van der Waals surface area contributed by atoms with Crippen LogP contribution in [0.2, 0.25) is 5.02 Å². The van der Waals surface area contributed by atoms with E-state index < -0.39 is 16.1 Å². The molecule has 0 fully saturated rings. The van der Waals surface area contributed by atoms with Gasteiger partial charge in [0.2, 0.25) is 28.6 Å². The first kappa shape index (κ1) is 25.6. The molecule has 2 amide bonds. The largest absolute Gasteiger partial charge is 0.454 e. The lowest BCUT2D eigenvalue weighted by atomic mass is 10.1. The molecular weight excluding hydrogens is 482 g/mol. The van der Waals surface area contributed by atoms with Gasteiger partial charge in [0.05, 0.1) is 11.9 Å². The fourth-order valence-corrected chi connectivity index (χ4v) is 4.84. The number of amides is 2. The van der Waals surface area contributed by atoms with E-state index in [9.17, 15) is 18.0 Å². The molecule has 0 unspecified atom stereocenters. The van der Waals surface area contributed by atoms with Gasteiger partial charge in [0.1, 0.15) is 6.04 Å². The Morgan fingerprint density at radius 1 is 1.15 bits per heavy atom. The van der Waals surface area contributed by atoms with E-state index in [0.29, 0.717) is 22.2 Å². The van der Waals surface area contributed by atoms with Gasteiger partial charge in [-0.3, -0.25) is 13.9 Å². The van der Waals surface area contributed by atoms with Crippen LogP contribution in [-0.4, -0.2) is 57.8 Å². The highest BCUT2D eigenvalue weighted by Gasteiger charge is 2.26. The first-order chi connectivity index (χ1) is 16.1. The van der Waals surface area contributed by atoms with E-state index in [0.717, 1.165) is 11.8 Å². The highest BCUT2D eigenvalue weighted by molar-refractivity contribution is 7.92. The van der Waals surface area contributed by atoms with Gasteiger partial charge < -0.3 is 19.7 Å². The summed E-state index contributed by atoms with van der Waals surface area (Å²) in [6.07, 6.45) is 1.42. The van der Waals surface area contributed by atoms with Crippen LogP contribution in [-0.2, 0) is 26.2 Å². The Kier molecular flexibility index (Phi) is 8.27. The molecule has 1 aliphatic rings. The first-order valence-corrected chi connectivity index (χ1v) is 13.0. The van der Waals surface area contributed by atoms with Crippen LogP contribution in [0.1, 0.15) is 25.3 Å². The molecule has 1 aliphatic heterocycles. The minimum Gasteiger partial charge on any atom is -0.454 e. The van der Waals surface area contributed by atoms with Gasteiger partial charge in [-0.2, -0.15) is 0 Å². The summed E-state index contributed by atoms with van der Waals surface area (Å²) >= 11 is 6.07. The lowest BCUT2D eigenvalue weighted by Gasteiger charge is -2.29. The molecule has 2 aromatic rings. The van der Waals surface area contributed by atoms with Gasteiger partial charge >= 0.3 is 0 Å². The fourth-order valence-electron chi connectivity index (χ4n) is 3.67. The lowest BCUT2D eigenvalue weighted by molar-refractivity contribution is -0.140. The number of nitrogens with zero attached hydrogens (tertiary/aromatic N) is 2. The van der Waals surface area contributed by atoms with Gasteiger partial charge in [-0.05, 0) is 43.2 Å². The molecule has 1 N–H and O–H groups in total. The quantitative estimate of drug-likeness (QED) is 0.528. The number of anilines is 1. The van der Waals surface area contributed by atoms with Crippen molar-refractivity contribution in [2.45, 2.75) is 32.4 Å². The fraction of sp³-hybridized carbons (Fsp3) is 0.391. The molecule has 0 spiro atoms. The second-order valence-corrected chi connectivity index (χ2v) is 10.3. The number of hydrogen-bond acceptors (Lipinski definition) is 6. The lowest BCUT2D eigenvalue weighted by Crippen LogP contribution is -2.46. The van der Waals surface area contributed by atoms with Crippen LogP contribution in [0.15, 0.2) is 42.5 Å². The number of benzene rings is 2. The molecule has 3 rings (SSSR count). The summed E-state index contributed by atoms with van der Waals surface area (Å²) in [5.74, 6) is 0.449. The minimum absolute atomic E-state index is 0.0540. The highest BCUT2D eigenvalue weighted by Crippen LogP contribution is 2.36. The maximum absolute atomic E-state index is 13.1. The Bertz CT molecular complexity index is 1160. The molecule has 0 aromatic heterocycles. The van der Waals surface area contributed by atoms with Crippen molar-refractivity contribution in [3.05, 3.63) is 53.1 Å². The van der Waals surface area contributed by atoms with Crippen LogP contribution in [0, 0.1) is 0 Å². The van der Waals surface area contributed by atoms with Gasteiger partial charge in [0.15, 0.2) is 11.5 Å². The van der Waals surface area contributed by atoms with E-state index in [2.05, 4.69) is 5.32 Å². The van der Waals surface area contributed by atoms with Crippen molar-refractivity contribution in [3.63, 3.8) is 0 Å². The van der Waals surface area contributed by atoms with Gasteiger partial charge in [0, 0.05) is 37.6 Å². The number of hydrogen-bond donors (Lipinski definition) is 1. The van der Waals surface area contributed by atoms with Crippen LogP contribution >= 0.6 is 11.6 Å². The summed E-state index contributed by atoms with van der Waals surface area (Å²) in [6, 6.07) is 11.3. The van der Waals surface area contributed by atoms with Gasteiger partial charge in [-0.15, -0.1) is 0 Å². The van der Waals surface area contributed by atoms with Gasteiger partial charge in [-0.1, -0.05) is 23.7 Å². The minimum atomic E-state index is -3.61. The number of rotatable bonds is 10. The van der Waals surface area contributed by atoms with Crippen molar-refractivity contribution < 1.29 is 27.5 Å². The third-order valence-electron chi connectivity index (χ3n) is 5.45. The molecule has 0 aliphatic carbocycles. The topological polar surface area (TPSA) is 105 Å². The van der Waals surface area contributed by atoms with Crippen molar-refractivity contribution in [2.75, 3.05) is 30.9 Å². The highest BCUT2D eigenvalue weighted by atomic mass is 35.5. The number of sulfonamides is 1. The summed E-state index contributed by atoms with van der Waals surface area (Å²) in [5.41, 5.74) is 1.21. The Labute approximate surface area is 204 Å². The third kappa shape index (κ3) is 6.32. The molecule has 2 aromatic carbocycles. The Morgan fingerprint density at radius 3 is 2.56 bits per heavy atom. The number of nitrogens with one attached hydrogen (secondary N) is 1. The maximum Gasteiger partial charge on any atom is 0.242 e. The van der Waals surface area contributed by atoms with E-state index in [4.69, 9.17) is 21.1 Å². The summed E-state index contributed by atoms with van der Waals surface area (Å²) in [6.45, 7) is 2.02. The summed E-state index contributed by atoms with van der Waals surface area (Å²) in [4.78, 5) is 26.9. The summed E-state index contributed by atoms with van der Waals surface area (Å²) < 4.78 is 36.7. The molecular formula is C23H28ClN3O6S. The zero-order valence-electron chi connectivity index (χ0n) is 19.3. The van der Waals surface area contributed by atoms with E-state index >= 15 is 0 Å². The van der Waals surface area contributed by atoms with Gasteiger partial charge in [0.25, 0.3) is 0 Å². The molecule has 0 saturated heterocycles. The second-order valence-electron chi connectivity index (χ2n) is 7.92. The number of carbonyl (C=O) groups excluding carboxylic acids is 2.